The van der Waals surface area contributed by atoms with Gasteiger partial charge in [-0.2, -0.15) is 0 Å². The van der Waals surface area contributed by atoms with Crippen LogP contribution in [0.1, 0.15) is 46.0 Å². The van der Waals surface area contributed by atoms with Crippen LogP contribution in [0.15, 0.2) is 0 Å². The number of carbonyl (C=O) groups is 1. The average Bonchev–Trinajstić information content (AvgIpc) is 2.13. The highest BCUT2D eigenvalue weighted by Gasteiger charge is 2.33. The molecule has 1 aliphatic rings. The summed E-state index contributed by atoms with van der Waals surface area (Å²) in [5.41, 5.74) is 0. The van der Waals surface area contributed by atoms with E-state index in [4.69, 9.17) is 4.74 Å². The Labute approximate surface area is 85.5 Å². The van der Waals surface area contributed by atoms with E-state index in [-0.39, 0.29) is 24.4 Å². The number of ether oxygens (including phenoxy) is 1. The number of aliphatic hydroxyl groups is 1. The summed E-state index contributed by atoms with van der Waals surface area (Å²) in [6, 6.07) is 0. The first-order valence-electron chi connectivity index (χ1n) is 5.52. The largest absolute Gasteiger partial charge is 0.462 e. The molecule has 1 rings (SSSR count). The van der Waals surface area contributed by atoms with E-state index < -0.39 is 6.10 Å². The molecule has 0 saturated carbocycles. The van der Waals surface area contributed by atoms with E-state index >= 15 is 0 Å². The van der Waals surface area contributed by atoms with E-state index in [0.717, 1.165) is 25.7 Å². The van der Waals surface area contributed by atoms with Crippen LogP contribution in [0.5, 0.6) is 0 Å². The van der Waals surface area contributed by atoms with E-state index in [1.165, 1.54) is 0 Å². The molecule has 82 valence electrons. The number of hydrogen-bond donors (Lipinski definition) is 1. The lowest BCUT2D eigenvalue weighted by atomic mass is 9.90. The summed E-state index contributed by atoms with van der Waals surface area (Å²) in [4.78, 5) is 11.1. The Morgan fingerprint density at radius 1 is 1.50 bits per heavy atom. The summed E-state index contributed by atoms with van der Waals surface area (Å²) in [5.74, 6) is -0.165. The van der Waals surface area contributed by atoms with Crippen LogP contribution in [0.4, 0.5) is 0 Å². The minimum Gasteiger partial charge on any atom is -0.462 e. The van der Waals surface area contributed by atoms with Crippen molar-refractivity contribution >= 4 is 5.97 Å². The molecule has 1 heterocycles. The minimum absolute atomic E-state index is 0.0715. The van der Waals surface area contributed by atoms with Gasteiger partial charge in [-0.3, -0.25) is 4.79 Å². The predicted molar refractivity (Wildman–Crippen MR) is 53.8 cm³/mol. The van der Waals surface area contributed by atoms with Crippen molar-refractivity contribution in [2.75, 3.05) is 0 Å². The Kier molecular flexibility index (Phi) is 4.39. The minimum atomic E-state index is -0.511. The molecule has 1 aliphatic heterocycles. The van der Waals surface area contributed by atoms with Crippen molar-refractivity contribution in [1.82, 2.24) is 0 Å². The molecule has 0 aromatic carbocycles. The van der Waals surface area contributed by atoms with Crippen molar-refractivity contribution in [3.05, 3.63) is 0 Å². The highest BCUT2D eigenvalue weighted by molar-refractivity contribution is 5.71. The Hall–Kier alpha value is -0.570. The third-order valence-corrected chi connectivity index (χ3v) is 2.94. The molecule has 0 radical (unpaired) electrons. The lowest BCUT2D eigenvalue weighted by Crippen LogP contribution is -2.40. The summed E-state index contributed by atoms with van der Waals surface area (Å²) in [5, 5.41) is 9.57. The van der Waals surface area contributed by atoms with Gasteiger partial charge < -0.3 is 9.84 Å². The van der Waals surface area contributed by atoms with Gasteiger partial charge in [-0.05, 0) is 12.8 Å². The van der Waals surface area contributed by atoms with Gasteiger partial charge in [0.1, 0.15) is 6.10 Å². The van der Waals surface area contributed by atoms with E-state index in [1.54, 1.807) is 0 Å². The zero-order chi connectivity index (χ0) is 10.6. The van der Waals surface area contributed by atoms with Crippen molar-refractivity contribution in [3.63, 3.8) is 0 Å². The van der Waals surface area contributed by atoms with Gasteiger partial charge in [0, 0.05) is 5.92 Å². The maximum Gasteiger partial charge on any atom is 0.308 e. The fourth-order valence-corrected chi connectivity index (χ4v) is 1.85. The molecule has 0 unspecified atom stereocenters. The zero-order valence-corrected chi connectivity index (χ0v) is 9.03. The smallest absolute Gasteiger partial charge is 0.308 e. The van der Waals surface area contributed by atoms with Crippen molar-refractivity contribution in [2.24, 2.45) is 5.92 Å². The second-order valence-electron chi connectivity index (χ2n) is 4.15. The fourth-order valence-electron chi connectivity index (χ4n) is 1.85. The summed E-state index contributed by atoms with van der Waals surface area (Å²) < 4.78 is 5.22. The first-order valence-corrected chi connectivity index (χ1v) is 5.52. The number of aliphatic hydroxyl groups excluding tert-OH is 1. The van der Waals surface area contributed by atoms with Gasteiger partial charge in [0.05, 0.1) is 12.5 Å². The molecule has 1 fully saturated rings. The summed E-state index contributed by atoms with van der Waals surface area (Å²) in [6.07, 6.45) is 3.86. The summed E-state index contributed by atoms with van der Waals surface area (Å²) >= 11 is 0. The topological polar surface area (TPSA) is 46.5 Å². The van der Waals surface area contributed by atoms with Gasteiger partial charge >= 0.3 is 5.97 Å². The Morgan fingerprint density at radius 2 is 2.21 bits per heavy atom. The zero-order valence-electron chi connectivity index (χ0n) is 9.03. The van der Waals surface area contributed by atoms with E-state index in [0.29, 0.717) is 0 Å². The van der Waals surface area contributed by atoms with Crippen LogP contribution in [0.3, 0.4) is 0 Å². The van der Waals surface area contributed by atoms with Crippen LogP contribution < -0.4 is 0 Å². The first-order chi connectivity index (χ1) is 6.65. The van der Waals surface area contributed by atoms with Crippen molar-refractivity contribution in [1.29, 1.82) is 0 Å². The summed E-state index contributed by atoms with van der Waals surface area (Å²) in [7, 11) is 0. The van der Waals surface area contributed by atoms with Gasteiger partial charge in [0.15, 0.2) is 0 Å². The standard InChI is InChI=1S/C11H20O3/c1-3-4-5-6-10-8(2)9(12)7-11(13)14-10/h8-10,12H,3-7H2,1-2H3/t8-,9-,10+/m1/s1. The molecule has 0 spiro atoms. The predicted octanol–water partition coefficient (Wildman–Crippen LogP) is 1.88. The van der Waals surface area contributed by atoms with Crippen LogP contribution in [0.25, 0.3) is 0 Å². The van der Waals surface area contributed by atoms with Gasteiger partial charge in [0.25, 0.3) is 0 Å². The Morgan fingerprint density at radius 3 is 2.86 bits per heavy atom. The van der Waals surface area contributed by atoms with Crippen LogP contribution in [-0.4, -0.2) is 23.3 Å². The number of unbranched alkanes of at least 4 members (excludes halogenated alkanes) is 2. The van der Waals surface area contributed by atoms with Crippen LogP contribution in [0.2, 0.25) is 0 Å². The van der Waals surface area contributed by atoms with E-state index in [9.17, 15) is 9.90 Å². The van der Waals surface area contributed by atoms with Gasteiger partial charge in [-0.15, -0.1) is 0 Å². The maximum absolute atomic E-state index is 11.1. The molecule has 0 aliphatic carbocycles. The Balaban J connectivity index is 2.37. The molecule has 14 heavy (non-hydrogen) atoms. The third-order valence-electron chi connectivity index (χ3n) is 2.94. The first kappa shape index (κ1) is 11.5. The fraction of sp³-hybridized carbons (Fsp3) is 0.909. The third kappa shape index (κ3) is 2.98. The second-order valence-corrected chi connectivity index (χ2v) is 4.15. The van der Waals surface area contributed by atoms with Crippen molar-refractivity contribution in [2.45, 2.75) is 58.2 Å². The Bertz CT molecular complexity index is 191. The lowest BCUT2D eigenvalue weighted by molar-refractivity contribution is -0.167. The number of rotatable bonds is 4. The number of esters is 1. The number of hydrogen-bond acceptors (Lipinski definition) is 3. The van der Waals surface area contributed by atoms with E-state index in [2.05, 4.69) is 6.92 Å². The highest BCUT2D eigenvalue weighted by atomic mass is 16.5. The monoisotopic (exact) mass is 200 g/mol. The second kappa shape index (κ2) is 5.35. The SMILES string of the molecule is CCCCC[C@@H]1OC(=O)C[C@@H](O)[C@H]1C. The van der Waals surface area contributed by atoms with Crippen molar-refractivity contribution in [3.8, 4) is 0 Å². The van der Waals surface area contributed by atoms with Gasteiger partial charge in [0.2, 0.25) is 0 Å². The molecule has 0 amide bonds. The molecule has 0 aromatic heterocycles. The van der Waals surface area contributed by atoms with Crippen LogP contribution in [0, 0.1) is 5.92 Å². The van der Waals surface area contributed by atoms with E-state index in [1.807, 2.05) is 6.92 Å². The molecular formula is C11H20O3. The number of carbonyl (C=O) groups excluding carboxylic acids is 1. The van der Waals surface area contributed by atoms with Crippen LogP contribution >= 0.6 is 0 Å². The molecule has 0 bridgehead atoms. The molecule has 1 N–H and O–H groups in total. The van der Waals surface area contributed by atoms with Gasteiger partial charge in [-0.1, -0.05) is 26.7 Å². The quantitative estimate of drug-likeness (QED) is 0.556. The molecular weight excluding hydrogens is 180 g/mol. The van der Waals surface area contributed by atoms with Gasteiger partial charge in [-0.25, -0.2) is 0 Å². The maximum atomic E-state index is 11.1. The summed E-state index contributed by atoms with van der Waals surface area (Å²) in [6.45, 7) is 4.10. The highest BCUT2D eigenvalue weighted by Crippen LogP contribution is 2.25. The van der Waals surface area contributed by atoms with Crippen molar-refractivity contribution < 1.29 is 14.6 Å². The molecule has 3 nitrogen and oxygen atoms in total. The van der Waals surface area contributed by atoms with Crippen LogP contribution in [-0.2, 0) is 9.53 Å². The normalized spacial score (nSPS) is 32.8. The molecule has 1 saturated heterocycles. The molecule has 3 heteroatoms. The molecule has 0 aromatic rings. The molecule has 3 atom stereocenters. The average molecular weight is 200 g/mol. The lowest BCUT2D eigenvalue weighted by Gasteiger charge is -2.32. The number of cyclic esters (lactones) is 1.